The maximum atomic E-state index is 5.94. The van der Waals surface area contributed by atoms with Crippen molar-refractivity contribution in [2.24, 2.45) is 10.7 Å². The van der Waals surface area contributed by atoms with Gasteiger partial charge in [-0.05, 0) is 43.2 Å². The van der Waals surface area contributed by atoms with Gasteiger partial charge in [-0.15, -0.1) is 24.0 Å². The Morgan fingerprint density at radius 2 is 1.80 bits per heavy atom. The van der Waals surface area contributed by atoms with Gasteiger partial charge in [0.1, 0.15) is 12.4 Å². The Kier molecular flexibility index (Phi) is 9.30. The van der Waals surface area contributed by atoms with Crippen molar-refractivity contribution in [1.82, 2.24) is 0 Å². The molecule has 0 saturated heterocycles. The monoisotopic (exact) mass is 455 g/mol. The molecule has 25 heavy (non-hydrogen) atoms. The van der Waals surface area contributed by atoms with Gasteiger partial charge >= 0.3 is 0 Å². The van der Waals surface area contributed by atoms with E-state index in [1.165, 1.54) is 11.1 Å². The Morgan fingerprint density at radius 1 is 1.12 bits per heavy atom. The number of halogens is 1. The van der Waals surface area contributed by atoms with Gasteiger partial charge in [0.25, 0.3) is 0 Å². The van der Waals surface area contributed by atoms with Gasteiger partial charge in [0.2, 0.25) is 0 Å². The number of aliphatic imine (C=N–C) groups is 1. The molecule has 0 amide bonds. The number of rotatable bonds is 7. The van der Waals surface area contributed by atoms with Crippen LogP contribution in [0.2, 0.25) is 0 Å². The van der Waals surface area contributed by atoms with Gasteiger partial charge in [0.05, 0.1) is 13.2 Å². The van der Waals surface area contributed by atoms with E-state index in [2.05, 4.69) is 30.2 Å². The largest absolute Gasteiger partial charge is 0.492 e. The summed E-state index contributed by atoms with van der Waals surface area (Å²) < 4.78 is 10.9. The highest BCUT2D eigenvalue weighted by Crippen LogP contribution is 2.16. The highest BCUT2D eigenvalue weighted by Gasteiger charge is 2.02. The Bertz CT molecular complexity index is 685. The molecule has 0 aromatic heterocycles. The molecule has 0 fully saturated rings. The first-order valence-electron chi connectivity index (χ1n) is 7.93. The maximum Gasteiger partial charge on any atom is 0.193 e. The van der Waals surface area contributed by atoms with Crippen molar-refractivity contribution < 1.29 is 9.47 Å². The summed E-state index contributed by atoms with van der Waals surface area (Å²) in [5.41, 5.74) is 10.2. The van der Waals surface area contributed by atoms with Crippen LogP contribution in [0.25, 0.3) is 0 Å². The zero-order chi connectivity index (χ0) is 17.4. The summed E-state index contributed by atoms with van der Waals surface area (Å²) in [5, 5.41) is 3.10. The van der Waals surface area contributed by atoms with Crippen molar-refractivity contribution >= 4 is 35.6 Å². The first kappa shape index (κ1) is 21.2. The molecule has 136 valence electrons. The van der Waals surface area contributed by atoms with Gasteiger partial charge in [0, 0.05) is 18.4 Å². The molecule has 0 heterocycles. The summed E-state index contributed by atoms with van der Waals surface area (Å²) in [6.45, 7) is 5.59. The Hall–Kier alpha value is -1.80. The van der Waals surface area contributed by atoms with E-state index >= 15 is 0 Å². The molecule has 5 nitrogen and oxygen atoms in total. The van der Waals surface area contributed by atoms with Crippen molar-refractivity contribution in [1.29, 1.82) is 0 Å². The molecule has 6 heteroatoms. The minimum atomic E-state index is 0. The topological polar surface area (TPSA) is 68.9 Å². The van der Waals surface area contributed by atoms with Crippen LogP contribution in [-0.4, -0.2) is 26.2 Å². The number of benzene rings is 2. The molecule has 2 rings (SSSR count). The summed E-state index contributed by atoms with van der Waals surface area (Å²) >= 11 is 0. The maximum absolute atomic E-state index is 5.94. The van der Waals surface area contributed by atoms with Crippen LogP contribution >= 0.6 is 24.0 Å². The number of aryl methyl sites for hydroxylation is 2. The van der Waals surface area contributed by atoms with E-state index in [0.29, 0.717) is 25.7 Å². The summed E-state index contributed by atoms with van der Waals surface area (Å²) in [4.78, 5) is 4.30. The lowest BCUT2D eigenvalue weighted by Gasteiger charge is -2.11. The second-order valence-corrected chi connectivity index (χ2v) is 5.65. The van der Waals surface area contributed by atoms with E-state index in [4.69, 9.17) is 15.2 Å². The molecule has 2 aromatic carbocycles. The van der Waals surface area contributed by atoms with Gasteiger partial charge < -0.3 is 20.5 Å². The molecular weight excluding hydrogens is 429 g/mol. The average molecular weight is 455 g/mol. The van der Waals surface area contributed by atoms with Crippen LogP contribution in [0.3, 0.4) is 0 Å². The first-order valence-corrected chi connectivity index (χ1v) is 7.93. The van der Waals surface area contributed by atoms with Gasteiger partial charge in [-0.3, -0.25) is 0 Å². The van der Waals surface area contributed by atoms with Crippen molar-refractivity contribution in [2.45, 2.75) is 20.5 Å². The number of nitrogens with two attached hydrogens (primary N) is 1. The van der Waals surface area contributed by atoms with E-state index in [9.17, 15) is 0 Å². The standard InChI is InChI=1S/C19H25N3O2.HI/c1-14-10-15(2)12-17(11-14)24-9-8-21-19(20)22-18-7-5-4-6-16(18)13-23-3;/h4-7,10-12H,8-9,13H2,1-3H3,(H3,20,21,22);1H. The molecule has 0 atom stereocenters. The van der Waals surface area contributed by atoms with E-state index < -0.39 is 0 Å². The lowest BCUT2D eigenvalue weighted by atomic mass is 10.1. The third-order valence-corrected chi connectivity index (χ3v) is 3.42. The van der Waals surface area contributed by atoms with Crippen molar-refractivity contribution in [3.8, 4) is 5.75 Å². The fraction of sp³-hybridized carbons (Fsp3) is 0.316. The van der Waals surface area contributed by atoms with Crippen LogP contribution in [0.15, 0.2) is 47.5 Å². The molecule has 0 saturated carbocycles. The predicted octanol–water partition coefficient (Wildman–Crippen LogP) is 3.87. The third-order valence-electron chi connectivity index (χ3n) is 3.42. The fourth-order valence-electron chi connectivity index (χ4n) is 2.45. The Morgan fingerprint density at radius 3 is 2.48 bits per heavy atom. The second kappa shape index (κ2) is 10.9. The number of hydrogen-bond acceptors (Lipinski definition) is 3. The van der Waals surface area contributed by atoms with Crippen LogP contribution in [0.4, 0.5) is 5.69 Å². The average Bonchev–Trinajstić information content (AvgIpc) is 2.53. The molecule has 0 bridgehead atoms. The third kappa shape index (κ3) is 7.31. The molecule has 0 aliphatic rings. The molecule has 0 unspecified atom stereocenters. The SMILES string of the molecule is COCc1ccccc1NC(N)=NCCOc1cc(C)cc(C)c1.I. The number of nitrogens with one attached hydrogen (secondary N) is 1. The smallest absolute Gasteiger partial charge is 0.193 e. The van der Waals surface area contributed by atoms with E-state index in [0.717, 1.165) is 17.0 Å². The minimum Gasteiger partial charge on any atom is -0.492 e. The van der Waals surface area contributed by atoms with Crippen LogP contribution in [-0.2, 0) is 11.3 Å². The zero-order valence-corrected chi connectivity index (χ0v) is 17.2. The molecule has 0 aliphatic heterocycles. The Labute approximate surface area is 166 Å². The van der Waals surface area contributed by atoms with Gasteiger partial charge in [-0.2, -0.15) is 0 Å². The normalized spacial score (nSPS) is 10.9. The van der Waals surface area contributed by atoms with E-state index in [1.807, 2.05) is 36.4 Å². The number of anilines is 1. The number of para-hydroxylation sites is 1. The molecule has 0 spiro atoms. The first-order chi connectivity index (χ1) is 11.6. The molecular formula is C19H26IN3O2. The summed E-state index contributed by atoms with van der Waals surface area (Å²) in [6.07, 6.45) is 0. The summed E-state index contributed by atoms with van der Waals surface area (Å²) in [6, 6.07) is 14.0. The Balaban J connectivity index is 0.00000312. The van der Waals surface area contributed by atoms with Crippen molar-refractivity contribution in [3.63, 3.8) is 0 Å². The van der Waals surface area contributed by atoms with E-state index in [-0.39, 0.29) is 24.0 Å². The predicted molar refractivity (Wildman–Crippen MR) is 114 cm³/mol. The van der Waals surface area contributed by atoms with Crippen LogP contribution in [0.1, 0.15) is 16.7 Å². The lowest BCUT2D eigenvalue weighted by Crippen LogP contribution is -2.24. The summed E-state index contributed by atoms with van der Waals surface area (Å²) in [7, 11) is 1.67. The lowest BCUT2D eigenvalue weighted by molar-refractivity contribution is 0.185. The van der Waals surface area contributed by atoms with Crippen LogP contribution < -0.4 is 15.8 Å². The van der Waals surface area contributed by atoms with Gasteiger partial charge in [-0.25, -0.2) is 4.99 Å². The van der Waals surface area contributed by atoms with Crippen molar-refractivity contribution in [2.75, 3.05) is 25.6 Å². The zero-order valence-electron chi connectivity index (χ0n) is 14.9. The number of guanidine groups is 1. The molecule has 2 aromatic rings. The highest BCUT2D eigenvalue weighted by molar-refractivity contribution is 14.0. The number of nitrogens with zero attached hydrogens (tertiary/aromatic N) is 1. The fourth-order valence-corrected chi connectivity index (χ4v) is 2.45. The molecule has 0 aliphatic carbocycles. The number of methoxy groups -OCH3 is 1. The van der Waals surface area contributed by atoms with Gasteiger partial charge in [0.15, 0.2) is 5.96 Å². The van der Waals surface area contributed by atoms with Crippen molar-refractivity contribution in [3.05, 3.63) is 59.2 Å². The van der Waals surface area contributed by atoms with Gasteiger partial charge in [-0.1, -0.05) is 24.3 Å². The van der Waals surface area contributed by atoms with Crippen LogP contribution in [0, 0.1) is 13.8 Å². The number of ether oxygens (including phenoxy) is 2. The summed E-state index contributed by atoms with van der Waals surface area (Å²) in [5.74, 6) is 1.22. The molecule has 3 N–H and O–H groups in total. The van der Waals surface area contributed by atoms with Crippen LogP contribution in [0.5, 0.6) is 5.75 Å². The number of hydrogen-bond donors (Lipinski definition) is 2. The molecule has 0 radical (unpaired) electrons. The highest BCUT2D eigenvalue weighted by atomic mass is 127. The quantitative estimate of drug-likeness (QED) is 0.288. The second-order valence-electron chi connectivity index (χ2n) is 5.65. The van der Waals surface area contributed by atoms with E-state index in [1.54, 1.807) is 7.11 Å². The minimum absolute atomic E-state index is 0.